The van der Waals surface area contributed by atoms with E-state index in [1.54, 1.807) is 0 Å². The highest BCUT2D eigenvalue weighted by Gasteiger charge is 2.15. The van der Waals surface area contributed by atoms with Crippen LogP contribution in [0, 0.1) is 0 Å². The van der Waals surface area contributed by atoms with E-state index in [0.29, 0.717) is 11.3 Å². The second kappa shape index (κ2) is 6.25. The maximum absolute atomic E-state index is 12.6. The zero-order chi connectivity index (χ0) is 17.2. The lowest BCUT2D eigenvalue weighted by atomic mass is 10.0. The van der Waals surface area contributed by atoms with Crippen LogP contribution in [-0.4, -0.2) is 5.97 Å². The lowest BCUT2D eigenvalue weighted by molar-refractivity contribution is -0.127. The first-order valence-electron chi connectivity index (χ1n) is 8.11. The second-order valence-corrected chi connectivity index (χ2v) is 5.88. The number of rotatable bonds is 3. The first kappa shape index (κ1) is 15.2. The van der Waals surface area contributed by atoms with Crippen LogP contribution in [0.4, 0.5) is 0 Å². The minimum Gasteiger partial charge on any atom is -0.422 e. The van der Waals surface area contributed by atoms with E-state index in [1.807, 2.05) is 78.9 Å². The number of benzene rings is 4. The van der Waals surface area contributed by atoms with Gasteiger partial charge in [-0.1, -0.05) is 85.4 Å². The van der Waals surface area contributed by atoms with Crippen molar-refractivity contribution < 1.29 is 9.53 Å². The fourth-order valence-corrected chi connectivity index (χ4v) is 3.02. The van der Waals surface area contributed by atoms with Gasteiger partial charge in [-0.05, 0) is 27.8 Å². The van der Waals surface area contributed by atoms with E-state index < -0.39 is 5.97 Å². The SMILES string of the molecule is C=C(C(=O)Oc1cc2ccccc2c2ccccc12)c1ccccc1. The Hall–Kier alpha value is -3.39. The van der Waals surface area contributed by atoms with E-state index in [4.69, 9.17) is 4.74 Å². The average Bonchev–Trinajstić information content (AvgIpc) is 2.68. The standard InChI is InChI=1S/C23H16O2/c1-16(17-9-3-2-4-10-17)23(24)25-22-15-18-11-5-6-12-19(18)20-13-7-8-14-21(20)22/h2-15H,1H2. The first-order chi connectivity index (χ1) is 12.2. The Kier molecular flexibility index (Phi) is 3.79. The maximum atomic E-state index is 12.6. The van der Waals surface area contributed by atoms with Crippen LogP contribution in [0.5, 0.6) is 5.75 Å². The molecule has 0 spiro atoms. The molecular weight excluding hydrogens is 308 g/mol. The Morgan fingerprint density at radius 2 is 1.32 bits per heavy atom. The molecule has 2 nitrogen and oxygen atoms in total. The molecule has 0 aliphatic carbocycles. The van der Waals surface area contributed by atoms with Gasteiger partial charge in [-0.2, -0.15) is 0 Å². The molecule has 0 aromatic heterocycles. The molecule has 0 N–H and O–H groups in total. The van der Waals surface area contributed by atoms with Crippen LogP contribution in [0.15, 0.2) is 91.5 Å². The van der Waals surface area contributed by atoms with Gasteiger partial charge in [-0.25, -0.2) is 4.79 Å². The molecule has 0 bridgehead atoms. The summed E-state index contributed by atoms with van der Waals surface area (Å²) in [6.45, 7) is 3.89. The first-order valence-corrected chi connectivity index (χ1v) is 8.11. The topological polar surface area (TPSA) is 26.3 Å². The van der Waals surface area contributed by atoms with Crippen molar-refractivity contribution in [2.24, 2.45) is 0 Å². The van der Waals surface area contributed by atoms with E-state index in [9.17, 15) is 4.79 Å². The zero-order valence-electron chi connectivity index (χ0n) is 13.6. The van der Waals surface area contributed by atoms with Gasteiger partial charge in [0.05, 0.1) is 5.57 Å². The van der Waals surface area contributed by atoms with Crippen LogP contribution in [0.1, 0.15) is 5.56 Å². The van der Waals surface area contributed by atoms with Crippen LogP contribution < -0.4 is 4.74 Å². The van der Waals surface area contributed by atoms with Gasteiger partial charge in [0.25, 0.3) is 0 Å². The summed E-state index contributed by atoms with van der Waals surface area (Å²) in [7, 11) is 0. The van der Waals surface area contributed by atoms with Gasteiger partial charge in [0.15, 0.2) is 0 Å². The summed E-state index contributed by atoms with van der Waals surface area (Å²) in [6, 6.07) is 27.3. The van der Waals surface area contributed by atoms with Gasteiger partial charge in [-0.15, -0.1) is 0 Å². The predicted octanol–water partition coefficient (Wildman–Crippen LogP) is 5.61. The molecule has 2 heteroatoms. The molecule has 0 heterocycles. The van der Waals surface area contributed by atoms with Crippen molar-refractivity contribution in [2.75, 3.05) is 0 Å². The minimum absolute atomic E-state index is 0.345. The average molecular weight is 324 g/mol. The summed E-state index contributed by atoms with van der Waals surface area (Å²) >= 11 is 0. The summed E-state index contributed by atoms with van der Waals surface area (Å²) in [5, 5.41) is 4.15. The molecule has 0 aliphatic heterocycles. The molecule has 4 rings (SSSR count). The fraction of sp³-hybridized carbons (Fsp3) is 0. The number of hydrogen-bond donors (Lipinski definition) is 0. The van der Waals surface area contributed by atoms with Crippen LogP contribution >= 0.6 is 0 Å². The van der Waals surface area contributed by atoms with Crippen molar-refractivity contribution in [2.45, 2.75) is 0 Å². The molecule has 0 atom stereocenters. The number of fused-ring (bicyclic) bond motifs is 3. The maximum Gasteiger partial charge on any atom is 0.343 e. The molecule has 0 aliphatic rings. The quantitative estimate of drug-likeness (QED) is 0.212. The number of hydrogen-bond acceptors (Lipinski definition) is 2. The van der Waals surface area contributed by atoms with Gasteiger partial charge in [-0.3, -0.25) is 0 Å². The van der Waals surface area contributed by atoms with Gasteiger partial charge in [0, 0.05) is 5.39 Å². The number of esters is 1. The monoisotopic (exact) mass is 324 g/mol. The Labute approximate surface area is 146 Å². The van der Waals surface area contributed by atoms with Crippen LogP contribution in [-0.2, 0) is 4.79 Å². The lowest BCUT2D eigenvalue weighted by Gasteiger charge is -2.12. The van der Waals surface area contributed by atoms with Crippen molar-refractivity contribution >= 4 is 33.1 Å². The Morgan fingerprint density at radius 3 is 2.08 bits per heavy atom. The van der Waals surface area contributed by atoms with Crippen molar-refractivity contribution in [1.82, 2.24) is 0 Å². The largest absolute Gasteiger partial charge is 0.422 e. The number of carbonyl (C=O) groups excluding carboxylic acids is 1. The molecule has 0 unspecified atom stereocenters. The van der Waals surface area contributed by atoms with Crippen molar-refractivity contribution in [3.8, 4) is 5.75 Å². The molecular formula is C23H16O2. The van der Waals surface area contributed by atoms with E-state index in [0.717, 1.165) is 27.1 Å². The van der Waals surface area contributed by atoms with E-state index in [-0.39, 0.29) is 0 Å². The summed E-state index contributed by atoms with van der Waals surface area (Å²) in [4.78, 5) is 12.6. The smallest absolute Gasteiger partial charge is 0.343 e. The van der Waals surface area contributed by atoms with Gasteiger partial charge in [0.2, 0.25) is 0 Å². The Bertz CT molecular complexity index is 1090. The molecule has 4 aromatic carbocycles. The summed E-state index contributed by atoms with van der Waals surface area (Å²) in [5.74, 6) is 0.114. The lowest BCUT2D eigenvalue weighted by Crippen LogP contribution is -2.10. The molecule has 4 aromatic rings. The van der Waals surface area contributed by atoms with E-state index in [2.05, 4.69) is 12.6 Å². The number of ether oxygens (including phenoxy) is 1. The fourth-order valence-electron chi connectivity index (χ4n) is 3.02. The molecule has 0 saturated heterocycles. The van der Waals surface area contributed by atoms with Crippen LogP contribution in [0.2, 0.25) is 0 Å². The molecule has 0 saturated carbocycles. The number of carbonyl (C=O) groups is 1. The third-order valence-electron chi connectivity index (χ3n) is 4.30. The molecule has 0 radical (unpaired) electrons. The normalized spacial score (nSPS) is 10.7. The third kappa shape index (κ3) is 2.79. The third-order valence-corrected chi connectivity index (χ3v) is 4.30. The highest BCUT2D eigenvalue weighted by atomic mass is 16.5. The molecule has 120 valence electrons. The highest BCUT2D eigenvalue weighted by molar-refractivity contribution is 6.18. The highest BCUT2D eigenvalue weighted by Crippen LogP contribution is 2.34. The van der Waals surface area contributed by atoms with Crippen molar-refractivity contribution in [3.63, 3.8) is 0 Å². The van der Waals surface area contributed by atoms with Gasteiger partial charge in [0.1, 0.15) is 5.75 Å². The van der Waals surface area contributed by atoms with Gasteiger partial charge >= 0.3 is 5.97 Å². The van der Waals surface area contributed by atoms with Crippen LogP contribution in [0.25, 0.3) is 27.1 Å². The Morgan fingerprint density at radius 1 is 0.720 bits per heavy atom. The molecule has 0 amide bonds. The van der Waals surface area contributed by atoms with Crippen LogP contribution in [0.3, 0.4) is 0 Å². The van der Waals surface area contributed by atoms with Crippen molar-refractivity contribution in [1.29, 1.82) is 0 Å². The summed E-state index contributed by atoms with van der Waals surface area (Å²) in [6.07, 6.45) is 0. The summed E-state index contributed by atoms with van der Waals surface area (Å²) < 4.78 is 5.71. The molecule has 0 fully saturated rings. The Balaban J connectivity index is 1.78. The molecule has 25 heavy (non-hydrogen) atoms. The minimum atomic E-state index is -0.438. The zero-order valence-corrected chi connectivity index (χ0v) is 13.6. The van der Waals surface area contributed by atoms with Crippen molar-refractivity contribution in [3.05, 3.63) is 97.1 Å². The second-order valence-electron chi connectivity index (χ2n) is 5.88. The van der Waals surface area contributed by atoms with E-state index in [1.165, 1.54) is 0 Å². The van der Waals surface area contributed by atoms with Gasteiger partial charge < -0.3 is 4.74 Å². The van der Waals surface area contributed by atoms with E-state index >= 15 is 0 Å². The predicted molar refractivity (Wildman–Crippen MR) is 103 cm³/mol. The summed E-state index contributed by atoms with van der Waals surface area (Å²) in [5.41, 5.74) is 1.11.